The first-order valence-electron chi connectivity index (χ1n) is 6.86. The standard InChI is InChI=1S/C17H20BrNOS/c1-12-3-6-15(7-4-12)21-11-14(19)9-13-5-8-17(20-2)16(18)10-13/h3-8,10,14H,9,11,19H2,1-2H3. The van der Waals surface area contributed by atoms with Crippen molar-refractivity contribution in [3.05, 3.63) is 58.1 Å². The third kappa shape index (κ3) is 5.06. The number of benzene rings is 2. The molecule has 0 radical (unpaired) electrons. The first-order valence-corrected chi connectivity index (χ1v) is 8.64. The molecule has 4 heteroatoms. The minimum absolute atomic E-state index is 0.136. The molecule has 0 aliphatic rings. The summed E-state index contributed by atoms with van der Waals surface area (Å²) in [5.41, 5.74) is 8.74. The second-order valence-electron chi connectivity index (χ2n) is 5.06. The molecule has 0 spiro atoms. The van der Waals surface area contributed by atoms with Crippen LogP contribution in [0.25, 0.3) is 0 Å². The van der Waals surface area contributed by atoms with Crippen LogP contribution in [-0.4, -0.2) is 18.9 Å². The summed E-state index contributed by atoms with van der Waals surface area (Å²) in [4.78, 5) is 1.27. The molecule has 2 aromatic rings. The fourth-order valence-electron chi connectivity index (χ4n) is 2.04. The van der Waals surface area contributed by atoms with Crippen LogP contribution in [0.5, 0.6) is 5.75 Å². The van der Waals surface area contributed by atoms with E-state index in [0.717, 1.165) is 22.4 Å². The number of ether oxygens (including phenoxy) is 1. The maximum absolute atomic E-state index is 6.24. The van der Waals surface area contributed by atoms with Gasteiger partial charge in [-0.05, 0) is 59.1 Å². The first kappa shape index (κ1) is 16.4. The lowest BCUT2D eigenvalue weighted by Gasteiger charge is -2.12. The molecule has 1 unspecified atom stereocenters. The van der Waals surface area contributed by atoms with Crippen LogP contribution in [0, 0.1) is 6.92 Å². The topological polar surface area (TPSA) is 35.2 Å². The first-order chi connectivity index (χ1) is 10.1. The molecule has 1 atom stereocenters. The van der Waals surface area contributed by atoms with Crippen LogP contribution in [0.4, 0.5) is 0 Å². The summed E-state index contributed by atoms with van der Waals surface area (Å²) < 4.78 is 6.21. The number of methoxy groups -OCH3 is 1. The third-order valence-electron chi connectivity index (χ3n) is 3.20. The van der Waals surface area contributed by atoms with E-state index in [1.807, 2.05) is 6.07 Å². The van der Waals surface area contributed by atoms with Gasteiger partial charge in [0.25, 0.3) is 0 Å². The number of nitrogens with two attached hydrogens (primary N) is 1. The molecule has 0 aromatic heterocycles. The second kappa shape index (κ2) is 7.87. The molecule has 0 aliphatic carbocycles. The molecule has 112 valence electrons. The van der Waals surface area contributed by atoms with Crippen LogP contribution in [0.2, 0.25) is 0 Å². The van der Waals surface area contributed by atoms with Crippen LogP contribution in [0.15, 0.2) is 51.8 Å². The van der Waals surface area contributed by atoms with Crippen molar-refractivity contribution in [1.82, 2.24) is 0 Å². The average Bonchev–Trinajstić information content (AvgIpc) is 2.47. The lowest BCUT2D eigenvalue weighted by atomic mass is 10.1. The zero-order valence-electron chi connectivity index (χ0n) is 12.3. The van der Waals surface area contributed by atoms with E-state index in [9.17, 15) is 0 Å². The molecule has 0 bridgehead atoms. The number of hydrogen-bond donors (Lipinski definition) is 1. The van der Waals surface area contributed by atoms with Gasteiger partial charge in [0, 0.05) is 16.7 Å². The van der Waals surface area contributed by atoms with E-state index in [-0.39, 0.29) is 6.04 Å². The number of rotatable bonds is 6. The van der Waals surface area contributed by atoms with Crippen LogP contribution in [0.1, 0.15) is 11.1 Å². The highest BCUT2D eigenvalue weighted by Crippen LogP contribution is 2.26. The van der Waals surface area contributed by atoms with Gasteiger partial charge in [0.15, 0.2) is 0 Å². The van der Waals surface area contributed by atoms with Gasteiger partial charge in [-0.3, -0.25) is 0 Å². The van der Waals surface area contributed by atoms with E-state index >= 15 is 0 Å². The quantitative estimate of drug-likeness (QED) is 0.769. The molecule has 0 amide bonds. The van der Waals surface area contributed by atoms with Gasteiger partial charge in [-0.1, -0.05) is 23.8 Å². The van der Waals surface area contributed by atoms with Crippen molar-refractivity contribution in [1.29, 1.82) is 0 Å². The fourth-order valence-corrected chi connectivity index (χ4v) is 3.48. The Morgan fingerprint density at radius 3 is 2.52 bits per heavy atom. The molecular weight excluding hydrogens is 346 g/mol. The van der Waals surface area contributed by atoms with Gasteiger partial charge >= 0.3 is 0 Å². The molecule has 2 rings (SSSR count). The smallest absolute Gasteiger partial charge is 0.133 e. The molecular formula is C17H20BrNOS. The Morgan fingerprint density at radius 2 is 1.90 bits per heavy atom. The van der Waals surface area contributed by atoms with Gasteiger partial charge in [-0.25, -0.2) is 0 Å². The maximum atomic E-state index is 6.24. The largest absolute Gasteiger partial charge is 0.496 e. The minimum Gasteiger partial charge on any atom is -0.496 e. The van der Waals surface area contributed by atoms with Gasteiger partial charge < -0.3 is 10.5 Å². The predicted molar refractivity (Wildman–Crippen MR) is 94.3 cm³/mol. The summed E-state index contributed by atoms with van der Waals surface area (Å²) in [6.07, 6.45) is 0.863. The Bertz CT molecular complexity index is 586. The number of thioether (sulfide) groups is 1. The van der Waals surface area contributed by atoms with E-state index in [1.54, 1.807) is 18.9 Å². The summed E-state index contributed by atoms with van der Waals surface area (Å²) in [6, 6.07) is 14.8. The monoisotopic (exact) mass is 365 g/mol. The Kier molecular flexibility index (Phi) is 6.15. The van der Waals surface area contributed by atoms with E-state index < -0.39 is 0 Å². The molecule has 0 fully saturated rings. The van der Waals surface area contributed by atoms with Crippen molar-refractivity contribution in [2.24, 2.45) is 5.73 Å². The van der Waals surface area contributed by atoms with Crippen molar-refractivity contribution >= 4 is 27.7 Å². The van der Waals surface area contributed by atoms with Gasteiger partial charge in [0.05, 0.1) is 11.6 Å². The van der Waals surface area contributed by atoms with Crippen molar-refractivity contribution in [3.8, 4) is 5.75 Å². The van der Waals surface area contributed by atoms with Crippen LogP contribution < -0.4 is 10.5 Å². The fraction of sp³-hybridized carbons (Fsp3) is 0.294. The summed E-state index contributed by atoms with van der Waals surface area (Å²) >= 11 is 5.32. The summed E-state index contributed by atoms with van der Waals surface area (Å²) in [7, 11) is 1.67. The Hall–Kier alpha value is -0.970. The van der Waals surface area contributed by atoms with E-state index in [1.165, 1.54) is 16.0 Å². The molecule has 0 aliphatic heterocycles. The highest BCUT2D eigenvalue weighted by molar-refractivity contribution is 9.10. The zero-order valence-corrected chi connectivity index (χ0v) is 14.7. The molecule has 21 heavy (non-hydrogen) atoms. The Morgan fingerprint density at radius 1 is 1.19 bits per heavy atom. The van der Waals surface area contributed by atoms with Crippen LogP contribution in [0.3, 0.4) is 0 Å². The van der Waals surface area contributed by atoms with E-state index in [0.29, 0.717) is 0 Å². The molecule has 0 saturated carbocycles. The average molecular weight is 366 g/mol. The predicted octanol–water partition coefficient (Wildman–Crippen LogP) is 4.43. The number of halogens is 1. The van der Waals surface area contributed by atoms with Crippen LogP contribution in [-0.2, 0) is 6.42 Å². The molecule has 2 aromatic carbocycles. The summed E-state index contributed by atoms with van der Waals surface area (Å²) in [5, 5.41) is 0. The highest BCUT2D eigenvalue weighted by atomic mass is 79.9. The number of hydrogen-bond acceptors (Lipinski definition) is 3. The molecule has 2 N–H and O–H groups in total. The lowest BCUT2D eigenvalue weighted by molar-refractivity contribution is 0.412. The van der Waals surface area contributed by atoms with E-state index in [2.05, 4.69) is 59.3 Å². The van der Waals surface area contributed by atoms with Gasteiger partial charge in [-0.15, -0.1) is 11.8 Å². The van der Waals surface area contributed by atoms with Crippen LogP contribution >= 0.6 is 27.7 Å². The second-order valence-corrected chi connectivity index (χ2v) is 7.00. The Balaban J connectivity index is 1.88. The van der Waals surface area contributed by atoms with Gasteiger partial charge in [0.1, 0.15) is 5.75 Å². The van der Waals surface area contributed by atoms with Gasteiger partial charge in [0.2, 0.25) is 0 Å². The zero-order chi connectivity index (χ0) is 15.2. The van der Waals surface area contributed by atoms with Gasteiger partial charge in [-0.2, -0.15) is 0 Å². The number of aryl methyl sites for hydroxylation is 1. The van der Waals surface area contributed by atoms with Crippen molar-refractivity contribution in [2.45, 2.75) is 24.3 Å². The minimum atomic E-state index is 0.136. The molecule has 0 saturated heterocycles. The highest BCUT2D eigenvalue weighted by Gasteiger charge is 2.07. The molecule has 2 nitrogen and oxygen atoms in total. The van der Waals surface area contributed by atoms with Crippen molar-refractivity contribution < 1.29 is 4.74 Å². The third-order valence-corrected chi connectivity index (χ3v) is 5.02. The SMILES string of the molecule is COc1ccc(CC(N)CSc2ccc(C)cc2)cc1Br. The van der Waals surface area contributed by atoms with Crippen molar-refractivity contribution in [3.63, 3.8) is 0 Å². The van der Waals surface area contributed by atoms with E-state index in [4.69, 9.17) is 10.5 Å². The molecule has 0 heterocycles. The summed E-state index contributed by atoms with van der Waals surface area (Å²) in [5.74, 6) is 1.76. The lowest BCUT2D eigenvalue weighted by Crippen LogP contribution is -2.25. The summed E-state index contributed by atoms with van der Waals surface area (Å²) in [6.45, 7) is 2.10. The maximum Gasteiger partial charge on any atom is 0.133 e. The Labute approximate surface area is 139 Å². The normalized spacial score (nSPS) is 12.2. The van der Waals surface area contributed by atoms with Crippen molar-refractivity contribution in [2.75, 3.05) is 12.9 Å².